The van der Waals surface area contributed by atoms with Gasteiger partial charge in [-0.05, 0) is 12.8 Å². The van der Waals surface area contributed by atoms with Crippen LogP contribution in [0.5, 0.6) is 0 Å². The average Bonchev–Trinajstić information content (AvgIpc) is 2.76. The first kappa shape index (κ1) is 14.0. The second kappa shape index (κ2) is 5.68. The number of aromatic nitrogens is 1. The van der Waals surface area contributed by atoms with Crippen LogP contribution in [-0.4, -0.2) is 22.2 Å². The van der Waals surface area contributed by atoms with Gasteiger partial charge in [0.15, 0.2) is 0 Å². The predicted molar refractivity (Wildman–Crippen MR) is 75.9 cm³/mol. The van der Waals surface area contributed by atoms with E-state index in [1.54, 1.807) is 11.3 Å². The number of aliphatic hydroxyl groups is 1. The van der Waals surface area contributed by atoms with Gasteiger partial charge in [-0.2, -0.15) is 0 Å². The van der Waals surface area contributed by atoms with Crippen molar-refractivity contribution in [1.82, 2.24) is 10.3 Å². The van der Waals surface area contributed by atoms with E-state index in [1.165, 1.54) is 11.4 Å². The summed E-state index contributed by atoms with van der Waals surface area (Å²) in [6.45, 7) is 7.34. The van der Waals surface area contributed by atoms with Crippen LogP contribution in [0.2, 0.25) is 0 Å². The molecule has 3 nitrogen and oxygen atoms in total. The Morgan fingerprint density at radius 3 is 2.72 bits per heavy atom. The molecule has 1 aliphatic carbocycles. The van der Waals surface area contributed by atoms with Crippen molar-refractivity contribution >= 4 is 11.3 Å². The van der Waals surface area contributed by atoms with E-state index in [0.29, 0.717) is 0 Å². The number of nitrogens with zero attached hydrogens (tertiary/aromatic N) is 1. The molecule has 4 heteroatoms. The second-order valence-electron chi connectivity index (χ2n) is 6.23. The summed E-state index contributed by atoms with van der Waals surface area (Å²) in [4.78, 5) is 4.67. The normalized spacial score (nSPS) is 25.3. The highest BCUT2D eigenvalue weighted by molar-refractivity contribution is 7.09. The van der Waals surface area contributed by atoms with Crippen molar-refractivity contribution in [3.8, 4) is 0 Å². The standard InChI is InChI=1S/C14H24N2OS/c1-14(2,3)13-16-10(9-18-13)8-15-11-6-4-5-7-12(11)17/h9,11-12,15,17H,4-8H2,1-3H3. The summed E-state index contributed by atoms with van der Waals surface area (Å²) in [5, 5.41) is 16.7. The summed E-state index contributed by atoms with van der Waals surface area (Å²) >= 11 is 1.73. The fourth-order valence-electron chi connectivity index (χ4n) is 2.32. The SMILES string of the molecule is CC(C)(C)c1nc(CNC2CCCCC2O)cs1. The van der Waals surface area contributed by atoms with E-state index in [-0.39, 0.29) is 17.6 Å². The summed E-state index contributed by atoms with van der Waals surface area (Å²) in [6.07, 6.45) is 4.21. The molecule has 1 aromatic rings. The zero-order valence-corrected chi connectivity index (χ0v) is 12.4. The van der Waals surface area contributed by atoms with Gasteiger partial charge in [0.05, 0.1) is 16.8 Å². The number of hydrogen-bond acceptors (Lipinski definition) is 4. The molecule has 1 saturated carbocycles. The Labute approximate surface area is 114 Å². The van der Waals surface area contributed by atoms with E-state index in [2.05, 4.69) is 36.5 Å². The molecule has 0 spiro atoms. The van der Waals surface area contributed by atoms with Crippen LogP contribution in [0.15, 0.2) is 5.38 Å². The van der Waals surface area contributed by atoms with E-state index in [4.69, 9.17) is 0 Å². The monoisotopic (exact) mass is 268 g/mol. The third-order valence-electron chi connectivity index (χ3n) is 3.47. The van der Waals surface area contributed by atoms with Crippen LogP contribution < -0.4 is 5.32 Å². The van der Waals surface area contributed by atoms with Crippen molar-refractivity contribution in [1.29, 1.82) is 0 Å². The zero-order valence-electron chi connectivity index (χ0n) is 11.6. The highest BCUT2D eigenvalue weighted by atomic mass is 32.1. The van der Waals surface area contributed by atoms with E-state index in [1.807, 2.05) is 0 Å². The molecule has 18 heavy (non-hydrogen) atoms. The molecule has 102 valence electrons. The Balaban J connectivity index is 1.88. The van der Waals surface area contributed by atoms with Crippen molar-refractivity contribution in [2.24, 2.45) is 0 Å². The fourth-order valence-corrected chi connectivity index (χ4v) is 3.22. The van der Waals surface area contributed by atoms with Gasteiger partial charge in [-0.15, -0.1) is 11.3 Å². The van der Waals surface area contributed by atoms with Crippen LogP contribution in [-0.2, 0) is 12.0 Å². The molecule has 0 aromatic carbocycles. The minimum absolute atomic E-state index is 0.132. The van der Waals surface area contributed by atoms with Crippen LogP contribution >= 0.6 is 11.3 Å². The maximum Gasteiger partial charge on any atom is 0.0982 e. The highest BCUT2D eigenvalue weighted by Crippen LogP contribution is 2.25. The van der Waals surface area contributed by atoms with Crippen molar-refractivity contribution in [2.45, 2.75) is 70.6 Å². The maximum atomic E-state index is 9.90. The minimum Gasteiger partial charge on any atom is -0.392 e. The highest BCUT2D eigenvalue weighted by Gasteiger charge is 2.23. The number of aliphatic hydroxyl groups excluding tert-OH is 1. The Bertz CT molecular complexity index is 383. The summed E-state index contributed by atoms with van der Waals surface area (Å²) < 4.78 is 0. The summed E-state index contributed by atoms with van der Waals surface area (Å²) in [5.74, 6) is 0. The first-order valence-electron chi connectivity index (χ1n) is 6.83. The first-order valence-corrected chi connectivity index (χ1v) is 7.71. The molecule has 0 bridgehead atoms. The van der Waals surface area contributed by atoms with E-state index < -0.39 is 0 Å². The Kier molecular flexibility index (Phi) is 4.41. The summed E-state index contributed by atoms with van der Waals surface area (Å²) in [6, 6.07) is 0.249. The van der Waals surface area contributed by atoms with Gasteiger partial charge in [0, 0.05) is 23.4 Å². The van der Waals surface area contributed by atoms with Gasteiger partial charge in [-0.1, -0.05) is 33.6 Å². The molecule has 1 heterocycles. The Morgan fingerprint density at radius 2 is 2.11 bits per heavy atom. The maximum absolute atomic E-state index is 9.90. The summed E-state index contributed by atoms with van der Waals surface area (Å²) in [7, 11) is 0. The van der Waals surface area contributed by atoms with Gasteiger partial charge in [0.1, 0.15) is 0 Å². The predicted octanol–water partition coefficient (Wildman–Crippen LogP) is 2.83. The van der Waals surface area contributed by atoms with Crippen LogP contribution in [0.1, 0.15) is 57.2 Å². The molecule has 2 rings (SSSR count). The van der Waals surface area contributed by atoms with Gasteiger partial charge < -0.3 is 10.4 Å². The minimum atomic E-state index is -0.181. The van der Waals surface area contributed by atoms with Crippen LogP contribution in [0, 0.1) is 0 Å². The topological polar surface area (TPSA) is 45.2 Å². The van der Waals surface area contributed by atoms with Gasteiger partial charge >= 0.3 is 0 Å². The molecule has 0 saturated heterocycles. The number of rotatable bonds is 3. The van der Waals surface area contributed by atoms with Crippen molar-refractivity contribution in [3.63, 3.8) is 0 Å². The van der Waals surface area contributed by atoms with Gasteiger partial charge in [-0.3, -0.25) is 0 Å². The Hall–Kier alpha value is -0.450. The van der Waals surface area contributed by atoms with Crippen LogP contribution in [0.4, 0.5) is 0 Å². The second-order valence-corrected chi connectivity index (χ2v) is 7.09. The van der Waals surface area contributed by atoms with Crippen LogP contribution in [0.25, 0.3) is 0 Å². The zero-order chi connectivity index (χ0) is 13.2. The van der Waals surface area contributed by atoms with E-state index in [9.17, 15) is 5.11 Å². The first-order chi connectivity index (χ1) is 8.47. The largest absolute Gasteiger partial charge is 0.392 e. The molecule has 2 N–H and O–H groups in total. The summed E-state index contributed by atoms with van der Waals surface area (Å²) in [5.41, 5.74) is 1.23. The quantitative estimate of drug-likeness (QED) is 0.886. The number of thiazole rings is 1. The third-order valence-corrected chi connectivity index (χ3v) is 4.79. The average molecular weight is 268 g/mol. The molecular formula is C14H24N2OS. The molecule has 1 aliphatic rings. The van der Waals surface area contributed by atoms with Crippen molar-refractivity contribution in [3.05, 3.63) is 16.1 Å². The van der Waals surface area contributed by atoms with E-state index >= 15 is 0 Å². The molecule has 0 amide bonds. The molecule has 2 unspecified atom stereocenters. The van der Waals surface area contributed by atoms with Crippen molar-refractivity contribution in [2.75, 3.05) is 0 Å². The number of hydrogen-bond donors (Lipinski definition) is 2. The van der Waals surface area contributed by atoms with Crippen LogP contribution in [0.3, 0.4) is 0 Å². The fraction of sp³-hybridized carbons (Fsp3) is 0.786. The van der Waals surface area contributed by atoms with Gasteiger partial charge in [0.25, 0.3) is 0 Å². The lowest BCUT2D eigenvalue weighted by Crippen LogP contribution is -2.41. The van der Waals surface area contributed by atoms with Gasteiger partial charge in [-0.25, -0.2) is 4.98 Å². The molecule has 0 radical (unpaired) electrons. The lowest BCUT2D eigenvalue weighted by Gasteiger charge is -2.28. The van der Waals surface area contributed by atoms with Crippen molar-refractivity contribution < 1.29 is 5.11 Å². The lowest BCUT2D eigenvalue weighted by atomic mass is 9.92. The molecule has 0 aliphatic heterocycles. The molecule has 2 atom stereocenters. The molecule has 1 fully saturated rings. The molecular weight excluding hydrogens is 244 g/mol. The third kappa shape index (κ3) is 3.53. The Morgan fingerprint density at radius 1 is 1.39 bits per heavy atom. The lowest BCUT2D eigenvalue weighted by molar-refractivity contribution is 0.0901. The molecule has 1 aromatic heterocycles. The van der Waals surface area contributed by atoms with E-state index in [0.717, 1.165) is 31.5 Å². The number of nitrogens with one attached hydrogen (secondary N) is 1. The smallest absolute Gasteiger partial charge is 0.0982 e. The van der Waals surface area contributed by atoms with Gasteiger partial charge in [0.2, 0.25) is 0 Å².